The third kappa shape index (κ3) is 4.02. The van der Waals surface area contributed by atoms with Crippen LogP contribution < -0.4 is 4.74 Å². The molecule has 0 spiro atoms. The third-order valence-corrected chi connectivity index (χ3v) is 5.30. The van der Waals surface area contributed by atoms with Crippen LogP contribution in [0, 0.1) is 6.92 Å². The first-order chi connectivity index (χ1) is 15.7. The molecular formula is C24H23N7O. The van der Waals surface area contributed by atoms with Gasteiger partial charge in [0.15, 0.2) is 0 Å². The van der Waals surface area contributed by atoms with E-state index in [2.05, 4.69) is 37.0 Å². The SMILES string of the molecule is COc1cc(-c2cn(Cc3nccn3Cc3ccccc3)nn2)ccc1-n1cnc(C)c1. The van der Waals surface area contributed by atoms with Crippen molar-refractivity contribution in [1.29, 1.82) is 0 Å². The fraction of sp³-hybridized carbons (Fsp3) is 0.167. The number of aryl methyl sites for hydroxylation is 1. The van der Waals surface area contributed by atoms with Crippen molar-refractivity contribution in [3.8, 4) is 22.7 Å². The van der Waals surface area contributed by atoms with Crippen LogP contribution >= 0.6 is 0 Å². The molecule has 8 nitrogen and oxygen atoms in total. The molecule has 8 heteroatoms. The Bertz CT molecular complexity index is 1330. The Balaban J connectivity index is 1.36. The molecule has 0 fully saturated rings. The smallest absolute Gasteiger partial charge is 0.143 e. The molecule has 0 radical (unpaired) electrons. The first kappa shape index (κ1) is 19.7. The number of imidazole rings is 2. The highest BCUT2D eigenvalue weighted by Crippen LogP contribution is 2.29. The van der Waals surface area contributed by atoms with Crippen LogP contribution in [0.25, 0.3) is 16.9 Å². The number of nitrogens with zero attached hydrogens (tertiary/aromatic N) is 7. The molecule has 0 aliphatic carbocycles. The Morgan fingerprint density at radius 1 is 0.969 bits per heavy atom. The zero-order valence-electron chi connectivity index (χ0n) is 18.0. The van der Waals surface area contributed by atoms with E-state index in [0.717, 1.165) is 40.8 Å². The van der Waals surface area contributed by atoms with E-state index < -0.39 is 0 Å². The molecule has 5 aromatic rings. The summed E-state index contributed by atoms with van der Waals surface area (Å²) in [6.07, 6.45) is 9.47. The van der Waals surface area contributed by atoms with Crippen molar-refractivity contribution < 1.29 is 4.74 Å². The first-order valence-corrected chi connectivity index (χ1v) is 10.3. The maximum absolute atomic E-state index is 5.62. The monoisotopic (exact) mass is 425 g/mol. The molecule has 0 atom stereocenters. The number of aromatic nitrogens is 7. The van der Waals surface area contributed by atoms with Crippen LogP contribution in [-0.2, 0) is 13.1 Å². The van der Waals surface area contributed by atoms with Gasteiger partial charge < -0.3 is 13.9 Å². The van der Waals surface area contributed by atoms with E-state index in [9.17, 15) is 0 Å². The summed E-state index contributed by atoms with van der Waals surface area (Å²) in [5.74, 6) is 1.67. The molecular weight excluding hydrogens is 402 g/mol. The standard InChI is InChI=1S/C24H23N7O/c1-18-13-30(17-26-18)22-9-8-20(12-23(22)32-2)21-15-31(28-27-21)16-24-25-10-11-29(24)14-19-6-4-3-5-7-19/h3-13,15,17H,14,16H2,1-2H3. The molecule has 3 heterocycles. The van der Waals surface area contributed by atoms with Crippen molar-refractivity contribution in [3.63, 3.8) is 0 Å². The fourth-order valence-electron chi connectivity index (χ4n) is 3.67. The number of hydrogen-bond donors (Lipinski definition) is 0. The van der Waals surface area contributed by atoms with Gasteiger partial charge in [-0.2, -0.15) is 0 Å². The molecule has 5 rings (SSSR count). The molecule has 0 aliphatic rings. The van der Waals surface area contributed by atoms with Gasteiger partial charge in [0.1, 0.15) is 23.8 Å². The normalized spacial score (nSPS) is 11.1. The van der Waals surface area contributed by atoms with E-state index in [1.54, 1.807) is 18.1 Å². The molecule has 2 aromatic carbocycles. The van der Waals surface area contributed by atoms with Gasteiger partial charge in [-0.05, 0) is 24.6 Å². The average Bonchev–Trinajstić information content (AvgIpc) is 3.57. The van der Waals surface area contributed by atoms with E-state index in [0.29, 0.717) is 6.54 Å². The Hall–Kier alpha value is -4.20. The highest BCUT2D eigenvalue weighted by molar-refractivity contribution is 5.64. The van der Waals surface area contributed by atoms with Crippen LogP contribution in [0.15, 0.2) is 79.6 Å². The second-order valence-corrected chi connectivity index (χ2v) is 7.57. The van der Waals surface area contributed by atoms with Gasteiger partial charge in [0.25, 0.3) is 0 Å². The van der Waals surface area contributed by atoms with Crippen LogP contribution in [0.4, 0.5) is 0 Å². The Kier molecular flexibility index (Phi) is 5.25. The Labute approximate surface area is 185 Å². The van der Waals surface area contributed by atoms with Gasteiger partial charge in [-0.25, -0.2) is 14.6 Å². The zero-order valence-corrected chi connectivity index (χ0v) is 18.0. The van der Waals surface area contributed by atoms with Gasteiger partial charge in [-0.15, -0.1) is 5.10 Å². The van der Waals surface area contributed by atoms with Crippen molar-refractivity contribution in [2.75, 3.05) is 7.11 Å². The second kappa shape index (κ2) is 8.50. The summed E-state index contributed by atoms with van der Waals surface area (Å²) < 4.78 is 11.5. The summed E-state index contributed by atoms with van der Waals surface area (Å²) in [5.41, 5.74) is 4.81. The maximum atomic E-state index is 5.62. The van der Waals surface area contributed by atoms with E-state index in [1.165, 1.54) is 5.56 Å². The second-order valence-electron chi connectivity index (χ2n) is 7.57. The predicted molar refractivity (Wildman–Crippen MR) is 121 cm³/mol. The van der Waals surface area contributed by atoms with Crippen LogP contribution in [0.5, 0.6) is 5.75 Å². The van der Waals surface area contributed by atoms with Crippen molar-refractivity contribution >= 4 is 0 Å². The highest BCUT2D eigenvalue weighted by atomic mass is 16.5. The summed E-state index contributed by atoms with van der Waals surface area (Å²) in [4.78, 5) is 8.80. The van der Waals surface area contributed by atoms with Crippen molar-refractivity contribution in [1.82, 2.24) is 34.1 Å². The van der Waals surface area contributed by atoms with Crippen molar-refractivity contribution in [2.24, 2.45) is 0 Å². The van der Waals surface area contributed by atoms with Gasteiger partial charge in [0.05, 0.1) is 31.0 Å². The third-order valence-electron chi connectivity index (χ3n) is 5.30. The molecule has 0 amide bonds. The van der Waals surface area contributed by atoms with Crippen LogP contribution in [0.2, 0.25) is 0 Å². The van der Waals surface area contributed by atoms with E-state index >= 15 is 0 Å². The molecule has 160 valence electrons. The fourth-order valence-corrected chi connectivity index (χ4v) is 3.67. The summed E-state index contributed by atoms with van der Waals surface area (Å²) >= 11 is 0. The Morgan fingerprint density at radius 3 is 2.62 bits per heavy atom. The minimum Gasteiger partial charge on any atom is -0.495 e. The van der Waals surface area contributed by atoms with Crippen LogP contribution in [-0.4, -0.2) is 41.2 Å². The van der Waals surface area contributed by atoms with E-state index in [1.807, 2.05) is 72.7 Å². The van der Waals surface area contributed by atoms with Gasteiger partial charge in [0.2, 0.25) is 0 Å². The largest absolute Gasteiger partial charge is 0.495 e. The summed E-state index contributed by atoms with van der Waals surface area (Å²) in [5, 5.41) is 8.68. The van der Waals surface area contributed by atoms with Crippen LogP contribution in [0.1, 0.15) is 17.1 Å². The quantitative estimate of drug-likeness (QED) is 0.397. The number of ether oxygens (including phenoxy) is 1. The lowest BCUT2D eigenvalue weighted by atomic mass is 10.1. The van der Waals surface area contributed by atoms with E-state index in [-0.39, 0.29) is 0 Å². The van der Waals surface area contributed by atoms with Crippen LogP contribution in [0.3, 0.4) is 0 Å². The molecule has 0 aliphatic heterocycles. The molecule has 3 aromatic heterocycles. The molecule has 32 heavy (non-hydrogen) atoms. The topological polar surface area (TPSA) is 75.6 Å². The number of benzene rings is 2. The molecule has 0 saturated heterocycles. The summed E-state index contributed by atoms with van der Waals surface area (Å²) in [7, 11) is 1.66. The minimum absolute atomic E-state index is 0.538. The highest BCUT2D eigenvalue weighted by Gasteiger charge is 2.12. The molecule has 0 bridgehead atoms. The average molecular weight is 425 g/mol. The lowest BCUT2D eigenvalue weighted by Gasteiger charge is -2.10. The molecule has 0 saturated carbocycles. The summed E-state index contributed by atoms with van der Waals surface area (Å²) in [6.45, 7) is 3.27. The number of methoxy groups -OCH3 is 1. The predicted octanol–water partition coefficient (Wildman–Crippen LogP) is 3.74. The maximum Gasteiger partial charge on any atom is 0.143 e. The van der Waals surface area contributed by atoms with Gasteiger partial charge in [-0.1, -0.05) is 41.6 Å². The molecule has 0 unspecified atom stereocenters. The van der Waals surface area contributed by atoms with Crippen molar-refractivity contribution in [2.45, 2.75) is 20.0 Å². The number of rotatable bonds is 7. The summed E-state index contributed by atoms with van der Waals surface area (Å²) in [6, 6.07) is 16.3. The van der Waals surface area contributed by atoms with Gasteiger partial charge >= 0.3 is 0 Å². The van der Waals surface area contributed by atoms with E-state index in [4.69, 9.17) is 4.74 Å². The van der Waals surface area contributed by atoms with Crippen molar-refractivity contribution in [3.05, 3.63) is 96.7 Å². The lowest BCUT2D eigenvalue weighted by Crippen LogP contribution is -2.09. The zero-order chi connectivity index (χ0) is 21.9. The number of hydrogen-bond acceptors (Lipinski definition) is 5. The van der Waals surface area contributed by atoms with Gasteiger partial charge in [-0.3, -0.25) is 0 Å². The minimum atomic E-state index is 0.538. The van der Waals surface area contributed by atoms with Gasteiger partial charge in [0, 0.05) is 30.7 Å². The lowest BCUT2D eigenvalue weighted by molar-refractivity contribution is 0.413. The Morgan fingerprint density at radius 2 is 1.84 bits per heavy atom. The molecule has 0 N–H and O–H groups in total. The first-order valence-electron chi connectivity index (χ1n) is 10.3.